The molecule has 0 saturated heterocycles. The van der Waals surface area contributed by atoms with E-state index < -0.39 is 0 Å². The Morgan fingerprint density at radius 3 is 2.52 bits per heavy atom. The highest BCUT2D eigenvalue weighted by molar-refractivity contribution is 6.04. The minimum atomic E-state index is -0.332. The maximum Gasteiger partial charge on any atom is 0.253 e. The average Bonchev–Trinajstić information content (AvgIpc) is 3.25. The third kappa shape index (κ3) is 5.39. The minimum Gasteiger partial charge on any atom is -0.352 e. The Morgan fingerprint density at radius 2 is 1.79 bits per heavy atom. The van der Waals surface area contributed by atoms with Crippen molar-refractivity contribution in [2.24, 2.45) is 0 Å². The van der Waals surface area contributed by atoms with Crippen molar-refractivity contribution in [2.75, 3.05) is 25.5 Å². The Balaban J connectivity index is 1.39. The van der Waals surface area contributed by atoms with Gasteiger partial charge in [0.25, 0.3) is 5.91 Å². The topological polar surface area (TPSA) is 112 Å². The maximum absolute atomic E-state index is 13.2. The van der Waals surface area contributed by atoms with Crippen LogP contribution >= 0.6 is 0 Å². The van der Waals surface area contributed by atoms with Crippen LogP contribution in [0.1, 0.15) is 15.9 Å². The second-order valence-electron chi connectivity index (χ2n) is 7.43. The van der Waals surface area contributed by atoms with Crippen molar-refractivity contribution in [1.29, 1.82) is 0 Å². The highest BCUT2D eigenvalue weighted by Crippen LogP contribution is 2.22. The van der Waals surface area contributed by atoms with Crippen LogP contribution in [0, 0.1) is 5.82 Å². The van der Waals surface area contributed by atoms with Crippen molar-refractivity contribution >= 4 is 28.7 Å². The number of imidazole rings is 1. The molecule has 0 radical (unpaired) electrons. The first-order valence-corrected chi connectivity index (χ1v) is 10.5. The second-order valence-corrected chi connectivity index (χ2v) is 7.43. The molecule has 0 aliphatic heterocycles. The van der Waals surface area contributed by atoms with Crippen molar-refractivity contribution in [2.45, 2.75) is 6.42 Å². The number of nitrogens with zero attached hydrogens (tertiary/aromatic N) is 2. The van der Waals surface area contributed by atoms with Crippen LogP contribution in [0.2, 0.25) is 0 Å². The molecule has 0 fully saturated rings. The van der Waals surface area contributed by atoms with Gasteiger partial charge in [0, 0.05) is 24.0 Å². The molecule has 0 aliphatic carbocycles. The number of nitrogens with one attached hydrogen (secondary N) is 4. The minimum absolute atomic E-state index is 0.109. The number of fused-ring (bicyclic) bond motifs is 1. The number of benzene rings is 2. The standard InChI is InChI=1S/C24H23FN6O2/c1-26-14-20(32)29-18-8-2-15(3-9-18)10-12-28-24(33)19-11-13-27-23-21(19)30-22(31-23)16-4-6-17(25)7-5-16/h2-9,11,13,26H,10,12,14H2,1H3,(H,28,33)(H,29,32)(H,27,30,31). The maximum atomic E-state index is 13.2. The number of carbonyl (C=O) groups excluding carboxylic acids is 2. The summed E-state index contributed by atoms with van der Waals surface area (Å²) in [7, 11) is 1.71. The molecule has 4 aromatic rings. The van der Waals surface area contributed by atoms with Crippen LogP contribution in [0.25, 0.3) is 22.6 Å². The summed E-state index contributed by atoms with van der Waals surface area (Å²) in [6, 6.07) is 15.1. The normalized spacial score (nSPS) is 10.8. The van der Waals surface area contributed by atoms with Crippen molar-refractivity contribution < 1.29 is 14.0 Å². The van der Waals surface area contributed by atoms with Gasteiger partial charge in [0.2, 0.25) is 5.91 Å². The molecule has 2 aromatic heterocycles. The molecule has 2 aromatic carbocycles. The molecule has 168 valence electrons. The van der Waals surface area contributed by atoms with Crippen molar-refractivity contribution in [3.63, 3.8) is 0 Å². The van der Waals surface area contributed by atoms with E-state index in [2.05, 4.69) is 30.9 Å². The number of rotatable bonds is 8. The number of likely N-dealkylation sites (N-methyl/N-ethyl adjacent to an activating group) is 1. The van der Waals surface area contributed by atoms with E-state index in [1.807, 2.05) is 24.3 Å². The predicted molar refractivity (Wildman–Crippen MR) is 124 cm³/mol. The molecule has 4 rings (SSSR count). The van der Waals surface area contributed by atoms with E-state index in [4.69, 9.17) is 0 Å². The molecule has 2 heterocycles. The zero-order valence-electron chi connectivity index (χ0n) is 18.0. The largest absolute Gasteiger partial charge is 0.352 e. The molecule has 0 atom stereocenters. The summed E-state index contributed by atoms with van der Waals surface area (Å²) >= 11 is 0. The Kier molecular flexibility index (Phi) is 6.70. The fourth-order valence-electron chi connectivity index (χ4n) is 3.38. The van der Waals surface area contributed by atoms with Gasteiger partial charge in [-0.15, -0.1) is 0 Å². The molecular weight excluding hydrogens is 423 g/mol. The van der Waals surface area contributed by atoms with Crippen LogP contribution in [0.3, 0.4) is 0 Å². The van der Waals surface area contributed by atoms with Crippen LogP contribution in [-0.4, -0.2) is 46.9 Å². The lowest BCUT2D eigenvalue weighted by molar-refractivity contribution is -0.115. The van der Waals surface area contributed by atoms with Crippen molar-refractivity contribution in [3.8, 4) is 11.4 Å². The molecule has 0 spiro atoms. The molecule has 8 nitrogen and oxygen atoms in total. The highest BCUT2D eigenvalue weighted by Gasteiger charge is 2.15. The van der Waals surface area contributed by atoms with Crippen LogP contribution in [0.5, 0.6) is 0 Å². The predicted octanol–water partition coefficient (Wildman–Crippen LogP) is 2.89. The van der Waals surface area contributed by atoms with E-state index >= 15 is 0 Å². The SMILES string of the molecule is CNCC(=O)Nc1ccc(CCNC(=O)c2ccnc3nc(-c4ccc(F)cc4)[nH]c23)cc1. The number of H-pyrrole nitrogens is 1. The van der Waals surface area contributed by atoms with Crippen molar-refractivity contribution in [1.82, 2.24) is 25.6 Å². The molecule has 0 bridgehead atoms. The van der Waals surface area contributed by atoms with Gasteiger partial charge in [0.15, 0.2) is 5.65 Å². The molecule has 9 heteroatoms. The second kappa shape index (κ2) is 10.0. The number of aromatic nitrogens is 3. The van der Waals surface area contributed by atoms with Gasteiger partial charge in [0.1, 0.15) is 11.6 Å². The van der Waals surface area contributed by atoms with Gasteiger partial charge >= 0.3 is 0 Å². The van der Waals surface area contributed by atoms with E-state index in [9.17, 15) is 14.0 Å². The summed E-state index contributed by atoms with van der Waals surface area (Å²) in [5.41, 5.74) is 3.82. The summed E-state index contributed by atoms with van der Waals surface area (Å²) < 4.78 is 13.2. The number of halogens is 1. The number of pyridine rings is 1. The first-order valence-electron chi connectivity index (χ1n) is 10.5. The fourth-order valence-corrected chi connectivity index (χ4v) is 3.38. The fraction of sp³-hybridized carbons (Fsp3) is 0.167. The van der Waals surface area contributed by atoms with Gasteiger partial charge in [-0.05, 0) is 61.5 Å². The van der Waals surface area contributed by atoms with Crippen LogP contribution in [0.15, 0.2) is 60.8 Å². The molecule has 33 heavy (non-hydrogen) atoms. The number of aromatic amines is 1. The molecule has 0 saturated carbocycles. The number of amides is 2. The Bertz CT molecular complexity index is 1270. The smallest absolute Gasteiger partial charge is 0.253 e. The molecule has 0 unspecified atom stereocenters. The zero-order valence-corrected chi connectivity index (χ0v) is 18.0. The molecule has 2 amide bonds. The van der Waals surface area contributed by atoms with Crippen LogP contribution in [-0.2, 0) is 11.2 Å². The first kappa shape index (κ1) is 22.1. The number of hydrogen-bond donors (Lipinski definition) is 4. The van der Waals surface area contributed by atoms with E-state index in [-0.39, 0.29) is 24.2 Å². The number of hydrogen-bond acceptors (Lipinski definition) is 5. The third-order valence-electron chi connectivity index (χ3n) is 5.03. The number of anilines is 1. The lowest BCUT2D eigenvalue weighted by atomic mass is 10.1. The summed E-state index contributed by atoms with van der Waals surface area (Å²) in [4.78, 5) is 36.2. The monoisotopic (exact) mass is 446 g/mol. The van der Waals surface area contributed by atoms with Gasteiger partial charge in [-0.25, -0.2) is 14.4 Å². The van der Waals surface area contributed by atoms with Gasteiger partial charge in [0.05, 0.1) is 17.6 Å². The van der Waals surface area contributed by atoms with Gasteiger partial charge < -0.3 is 20.9 Å². The van der Waals surface area contributed by atoms with Crippen molar-refractivity contribution in [3.05, 3.63) is 77.7 Å². The summed E-state index contributed by atoms with van der Waals surface area (Å²) in [6.07, 6.45) is 2.17. The quantitative estimate of drug-likeness (QED) is 0.333. The van der Waals surface area contributed by atoms with Gasteiger partial charge in [-0.2, -0.15) is 0 Å². The molecule has 0 aliphatic rings. The van der Waals surface area contributed by atoms with Crippen LogP contribution in [0.4, 0.5) is 10.1 Å². The average molecular weight is 446 g/mol. The van der Waals surface area contributed by atoms with E-state index in [0.717, 1.165) is 11.3 Å². The van der Waals surface area contributed by atoms with Gasteiger partial charge in [-0.3, -0.25) is 9.59 Å². The van der Waals surface area contributed by atoms with E-state index in [1.165, 1.54) is 18.3 Å². The molecular formula is C24H23FN6O2. The highest BCUT2D eigenvalue weighted by atomic mass is 19.1. The lowest BCUT2D eigenvalue weighted by Gasteiger charge is -2.08. The van der Waals surface area contributed by atoms with E-state index in [0.29, 0.717) is 41.1 Å². The summed E-state index contributed by atoms with van der Waals surface area (Å²) in [5.74, 6) is -0.170. The Hall–Kier alpha value is -4.11. The summed E-state index contributed by atoms with van der Waals surface area (Å²) in [6.45, 7) is 0.685. The Labute approximate surface area is 189 Å². The van der Waals surface area contributed by atoms with Gasteiger partial charge in [-0.1, -0.05) is 12.1 Å². The lowest BCUT2D eigenvalue weighted by Crippen LogP contribution is -2.26. The summed E-state index contributed by atoms with van der Waals surface area (Å²) in [5, 5.41) is 8.51. The first-order chi connectivity index (χ1) is 16.0. The Morgan fingerprint density at radius 1 is 1.03 bits per heavy atom. The third-order valence-corrected chi connectivity index (χ3v) is 5.03. The van der Waals surface area contributed by atoms with E-state index in [1.54, 1.807) is 25.2 Å². The van der Waals surface area contributed by atoms with Crippen LogP contribution < -0.4 is 16.0 Å². The number of carbonyl (C=O) groups is 2. The molecule has 4 N–H and O–H groups in total. The zero-order chi connectivity index (χ0) is 23.2.